The summed E-state index contributed by atoms with van der Waals surface area (Å²) >= 11 is 0. The molecule has 0 radical (unpaired) electrons. The first-order chi connectivity index (χ1) is 19.8. The second-order valence-electron chi connectivity index (χ2n) is 10.2. The molecule has 2 amide bonds. The van der Waals surface area contributed by atoms with Gasteiger partial charge in [0.15, 0.2) is 0 Å². The molecule has 3 rings (SSSR count). The van der Waals surface area contributed by atoms with Gasteiger partial charge in [0.05, 0.1) is 24.0 Å². The molecule has 0 unspecified atom stereocenters. The zero-order valence-corrected chi connectivity index (χ0v) is 25.1. The smallest absolute Gasteiger partial charge is 0.271 e. The largest absolute Gasteiger partial charge is 0.497 e. The van der Waals surface area contributed by atoms with Gasteiger partial charge in [-0.2, -0.15) is 0 Å². The monoisotopic (exact) mass is 596 g/mol. The Hall–Kier alpha value is -4.45. The second-order valence-corrected chi connectivity index (χ2v) is 12.1. The molecular weight excluding hydrogens is 560 g/mol. The van der Waals surface area contributed by atoms with Crippen molar-refractivity contribution in [3.63, 3.8) is 0 Å². The number of rotatable bonds is 13. The van der Waals surface area contributed by atoms with E-state index in [0.717, 1.165) is 22.2 Å². The van der Waals surface area contributed by atoms with Crippen LogP contribution in [-0.2, 0) is 32.6 Å². The normalized spacial score (nSPS) is 12.0. The van der Waals surface area contributed by atoms with Crippen LogP contribution in [0.5, 0.6) is 5.75 Å². The van der Waals surface area contributed by atoms with Crippen LogP contribution in [0.15, 0.2) is 72.8 Å². The molecule has 0 bridgehead atoms. The van der Waals surface area contributed by atoms with Crippen molar-refractivity contribution in [1.82, 2.24) is 10.2 Å². The standard InChI is InChI=1S/C30H36N4O7S/c1-21(2)31-30(36)28(17-23-10-7-6-8-11-23)32(19-24-12-9-13-26(16-24)41-4)29(35)20-33(42(5,39)40)27-18-25(34(37)38)15-14-22(27)3/h6-16,18,21,28H,17,19-20H2,1-5H3,(H,31,36)/t28-/m0/s1. The van der Waals surface area contributed by atoms with E-state index in [2.05, 4.69) is 5.32 Å². The van der Waals surface area contributed by atoms with Crippen molar-refractivity contribution in [2.75, 3.05) is 24.2 Å². The van der Waals surface area contributed by atoms with Gasteiger partial charge in [-0.3, -0.25) is 24.0 Å². The van der Waals surface area contributed by atoms with E-state index < -0.39 is 39.3 Å². The fraction of sp³-hybridized carbons (Fsp3) is 0.333. The van der Waals surface area contributed by atoms with E-state index in [0.29, 0.717) is 16.9 Å². The molecule has 0 aromatic heterocycles. The van der Waals surface area contributed by atoms with E-state index in [4.69, 9.17) is 4.74 Å². The van der Waals surface area contributed by atoms with Gasteiger partial charge in [-0.05, 0) is 49.6 Å². The van der Waals surface area contributed by atoms with Crippen molar-refractivity contribution in [1.29, 1.82) is 0 Å². The molecule has 11 nitrogen and oxygen atoms in total. The third kappa shape index (κ3) is 8.53. The number of methoxy groups -OCH3 is 1. The SMILES string of the molecule is COc1cccc(CN(C(=O)CN(c2cc([N+](=O)[O-])ccc2C)S(C)(=O)=O)[C@@H](Cc2ccccc2)C(=O)NC(C)C)c1. The number of carbonyl (C=O) groups excluding carboxylic acids is 2. The molecule has 0 fully saturated rings. The first-order valence-corrected chi connectivity index (χ1v) is 15.1. The Balaban J connectivity index is 2.12. The first kappa shape index (κ1) is 32.1. The number of benzene rings is 3. The fourth-order valence-corrected chi connectivity index (χ4v) is 5.38. The van der Waals surface area contributed by atoms with Gasteiger partial charge in [0.2, 0.25) is 21.8 Å². The van der Waals surface area contributed by atoms with Crippen LogP contribution in [0.2, 0.25) is 0 Å². The number of aryl methyl sites for hydroxylation is 1. The summed E-state index contributed by atoms with van der Waals surface area (Å²) in [4.78, 5) is 39.9. The molecular formula is C30H36N4O7S. The molecule has 42 heavy (non-hydrogen) atoms. The molecule has 0 heterocycles. The molecule has 0 aliphatic rings. The lowest BCUT2D eigenvalue weighted by molar-refractivity contribution is -0.384. The van der Waals surface area contributed by atoms with E-state index in [1.54, 1.807) is 31.2 Å². The van der Waals surface area contributed by atoms with Gasteiger partial charge >= 0.3 is 0 Å². The minimum absolute atomic E-state index is 0.00706. The van der Waals surface area contributed by atoms with Crippen molar-refractivity contribution >= 4 is 33.2 Å². The quantitative estimate of drug-likeness (QED) is 0.234. The summed E-state index contributed by atoms with van der Waals surface area (Å²) in [6.45, 7) is 4.52. The number of sulfonamides is 1. The van der Waals surface area contributed by atoms with Crippen LogP contribution in [0.3, 0.4) is 0 Å². The van der Waals surface area contributed by atoms with E-state index in [-0.39, 0.29) is 30.4 Å². The highest BCUT2D eigenvalue weighted by Gasteiger charge is 2.34. The van der Waals surface area contributed by atoms with Crippen LogP contribution in [0.25, 0.3) is 0 Å². The van der Waals surface area contributed by atoms with Crippen LogP contribution in [-0.4, -0.2) is 62.0 Å². The van der Waals surface area contributed by atoms with Crippen molar-refractivity contribution in [2.24, 2.45) is 0 Å². The number of hydrogen-bond acceptors (Lipinski definition) is 7. The van der Waals surface area contributed by atoms with Gasteiger partial charge < -0.3 is 15.0 Å². The van der Waals surface area contributed by atoms with Crippen molar-refractivity contribution in [3.8, 4) is 5.75 Å². The molecule has 12 heteroatoms. The number of hydrogen-bond donors (Lipinski definition) is 1. The molecule has 3 aromatic carbocycles. The van der Waals surface area contributed by atoms with Gasteiger partial charge in [0.1, 0.15) is 18.3 Å². The van der Waals surface area contributed by atoms with E-state index in [1.807, 2.05) is 44.2 Å². The Bertz CT molecular complexity index is 1530. The number of nitro benzene ring substituents is 1. The lowest BCUT2D eigenvalue weighted by Crippen LogP contribution is -2.54. The van der Waals surface area contributed by atoms with Crippen molar-refractivity contribution in [3.05, 3.63) is 99.6 Å². The summed E-state index contributed by atoms with van der Waals surface area (Å²) in [5.74, 6) is -0.507. The minimum atomic E-state index is -4.08. The van der Waals surface area contributed by atoms with Gasteiger partial charge in [-0.25, -0.2) is 8.42 Å². The van der Waals surface area contributed by atoms with Crippen LogP contribution >= 0.6 is 0 Å². The Labute approximate surface area is 246 Å². The van der Waals surface area contributed by atoms with Gasteiger partial charge in [0.25, 0.3) is 5.69 Å². The van der Waals surface area contributed by atoms with Crippen LogP contribution in [0.4, 0.5) is 11.4 Å². The van der Waals surface area contributed by atoms with Gasteiger partial charge in [-0.1, -0.05) is 48.5 Å². The Morgan fingerprint density at radius 2 is 1.67 bits per heavy atom. The molecule has 0 aliphatic heterocycles. The zero-order chi connectivity index (χ0) is 31.0. The van der Waals surface area contributed by atoms with Gasteiger partial charge in [0, 0.05) is 31.1 Å². The summed E-state index contributed by atoms with van der Waals surface area (Å²) < 4.78 is 32.2. The van der Waals surface area contributed by atoms with E-state index in [9.17, 15) is 28.1 Å². The number of anilines is 1. The number of nitrogens with zero attached hydrogens (tertiary/aromatic N) is 3. The van der Waals surface area contributed by atoms with Crippen molar-refractivity contribution < 1.29 is 27.7 Å². The topological polar surface area (TPSA) is 139 Å². The summed E-state index contributed by atoms with van der Waals surface area (Å²) in [6, 6.07) is 18.8. The molecule has 0 spiro atoms. The van der Waals surface area contributed by atoms with Crippen LogP contribution in [0, 0.1) is 17.0 Å². The van der Waals surface area contributed by atoms with E-state index >= 15 is 0 Å². The van der Waals surface area contributed by atoms with Gasteiger partial charge in [-0.15, -0.1) is 0 Å². The Morgan fingerprint density at radius 1 is 1.00 bits per heavy atom. The highest BCUT2D eigenvalue weighted by atomic mass is 32.2. The lowest BCUT2D eigenvalue weighted by Gasteiger charge is -2.34. The Morgan fingerprint density at radius 3 is 2.26 bits per heavy atom. The molecule has 1 N–H and O–H groups in total. The predicted octanol–water partition coefficient (Wildman–Crippen LogP) is 3.84. The third-order valence-corrected chi connectivity index (χ3v) is 7.67. The lowest BCUT2D eigenvalue weighted by atomic mass is 10.0. The second kappa shape index (κ2) is 13.9. The van der Waals surface area contributed by atoms with Crippen LogP contribution < -0.4 is 14.4 Å². The third-order valence-electron chi connectivity index (χ3n) is 6.54. The average molecular weight is 597 g/mol. The fourth-order valence-electron chi connectivity index (χ4n) is 4.48. The average Bonchev–Trinajstić information content (AvgIpc) is 2.93. The number of nitrogens with one attached hydrogen (secondary N) is 1. The summed E-state index contributed by atoms with van der Waals surface area (Å²) in [6.07, 6.45) is 1.10. The number of non-ortho nitro benzene ring substituents is 1. The molecule has 3 aromatic rings. The minimum Gasteiger partial charge on any atom is -0.497 e. The molecule has 0 saturated heterocycles. The Kier molecular flexibility index (Phi) is 10.6. The maximum Gasteiger partial charge on any atom is 0.271 e. The molecule has 0 saturated carbocycles. The zero-order valence-electron chi connectivity index (χ0n) is 24.3. The molecule has 224 valence electrons. The summed E-state index contributed by atoms with van der Waals surface area (Å²) in [5.41, 5.74) is 1.59. The highest BCUT2D eigenvalue weighted by Crippen LogP contribution is 2.28. The van der Waals surface area contributed by atoms with Crippen molar-refractivity contribution in [2.45, 2.75) is 45.8 Å². The predicted molar refractivity (Wildman–Crippen MR) is 161 cm³/mol. The number of amides is 2. The number of ether oxygens (including phenoxy) is 1. The maximum absolute atomic E-state index is 14.2. The highest BCUT2D eigenvalue weighted by molar-refractivity contribution is 7.92. The molecule has 1 atom stereocenters. The van der Waals surface area contributed by atoms with Crippen LogP contribution in [0.1, 0.15) is 30.5 Å². The summed E-state index contributed by atoms with van der Waals surface area (Å²) in [5, 5.41) is 14.3. The number of carbonyl (C=O) groups is 2. The maximum atomic E-state index is 14.2. The van der Waals surface area contributed by atoms with E-state index in [1.165, 1.54) is 24.1 Å². The molecule has 0 aliphatic carbocycles. The first-order valence-electron chi connectivity index (χ1n) is 13.3. The number of nitro groups is 1. The summed E-state index contributed by atoms with van der Waals surface area (Å²) in [7, 11) is -2.56.